The fourth-order valence-corrected chi connectivity index (χ4v) is 1.29. The number of hydrogen-bond donors (Lipinski definition) is 1. The van der Waals surface area contributed by atoms with Crippen LogP contribution >= 0.6 is 15.9 Å². The minimum Gasteiger partial charge on any atom is -0.444 e. The summed E-state index contributed by atoms with van der Waals surface area (Å²) in [5.41, 5.74) is 0.501. The quantitative estimate of drug-likeness (QED) is 0.860. The number of nitrogens with one attached hydrogen (secondary N) is 1. The maximum Gasteiger partial charge on any atom is 0.413 e. The predicted octanol–water partition coefficient (Wildman–Crippen LogP) is 3.50. The Hall–Kier alpha value is -1.10. The van der Waals surface area contributed by atoms with Crippen LogP contribution in [0.25, 0.3) is 0 Å². The second-order valence-electron chi connectivity index (χ2n) is 4.45. The van der Waals surface area contributed by atoms with E-state index < -0.39 is 11.7 Å². The average Bonchev–Trinajstić information content (AvgIpc) is 2.08. The average molecular weight is 287 g/mol. The number of amides is 1. The number of ether oxygens (including phenoxy) is 1. The molecule has 1 heterocycles. The Kier molecular flexibility index (Phi) is 3.91. The highest BCUT2D eigenvalue weighted by molar-refractivity contribution is 9.10. The number of rotatable bonds is 1. The van der Waals surface area contributed by atoms with Crippen molar-refractivity contribution in [3.05, 3.63) is 22.3 Å². The van der Waals surface area contributed by atoms with Crippen LogP contribution in [0.1, 0.15) is 26.3 Å². The van der Waals surface area contributed by atoms with E-state index in [2.05, 4.69) is 26.2 Å². The standard InChI is InChI=1S/C11H15BrN2O2/c1-7-6-13-9(5-8(7)12)14-10(15)16-11(2,3)4/h5-6H,1-4H3,(H,13,14,15). The second-order valence-corrected chi connectivity index (χ2v) is 5.30. The first-order chi connectivity index (χ1) is 7.28. The Morgan fingerprint density at radius 3 is 2.62 bits per heavy atom. The maximum atomic E-state index is 11.4. The van der Waals surface area contributed by atoms with Crippen LogP contribution in [0, 0.1) is 6.92 Å². The molecule has 0 saturated carbocycles. The Morgan fingerprint density at radius 1 is 1.50 bits per heavy atom. The number of hydrogen-bond acceptors (Lipinski definition) is 3. The highest BCUT2D eigenvalue weighted by Gasteiger charge is 2.16. The van der Waals surface area contributed by atoms with Crippen LogP contribution < -0.4 is 5.32 Å². The molecule has 88 valence electrons. The van der Waals surface area contributed by atoms with Crippen molar-refractivity contribution in [1.29, 1.82) is 0 Å². The van der Waals surface area contributed by atoms with Crippen molar-refractivity contribution in [3.8, 4) is 0 Å². The normalized spacial score (nSPS) is 11.1. The summed E-state index contributed by atoms with van der Waals surface area (Å²) >= 11 is 3.37. The van der Waals surface area contributed by atoms with Gasteiger partial charge in [-0.05, 0) is 39.3 Å². The number of carbonyl (C=O) groups excluding carboxylic acids is 1. The summed E-state index contributed by atoms with van der Waals surface area (Å²) in [5, 5.41) is 2.56. The Balaban J connectivity index is 2.67. The largest absolute Gasteiger partial charge is 0.444 e. The molecule has 1 aromatic rings. The number of aryl methyl sites for hydroxylation is 1. The molecule has 0 radical (unpaired) electrons. The molecule has 0 fully saturated rings. The van der Waals surface area contributed by atoms with Crippen molar-refractivity contribution >= 4 is 27.8 Å². The van der Waals surface area contributed by atoms with E-state index in [0.717, 1.165) is 10.0 Å². The van der Waals surface area contributed by atoms with Crippen molar-refractivity contribution in [2.75, 3.05) is 5.32 Å². The third kappa shape index (κ3) is 4.18. The first-order valence-electron chi connectivity index (χ1n) is 4.90. The highest BCUT2D eigenvalue weighted by Crippen LogP contribution is 2.18. The molecule has 0 aliphatic heterocycles. The van der Waals surface area contributed by atoms with E-state index in [9.17, 15) is 4.79 Å². The monoisotopic (exact) mass is 286 g/mol. The van der Waals surface area contributed by atoms with Gasteiger partial charge in [0.05, 0.1) is 0 Å². The van der Waals surface area contributed by atoms with E-state index in [1.165, 1.54) is 0 Å². The number of aromatic nitrogens is 1. The smallest absolute Gasteiger partial charge is 0.413 e. The van der Waals surface area contributed by atoms with Gasteiger partial charge in [0.25, 0.3) is 0 Å². The fraction of sp³-hybridized carbons (Fsp3) is 0.455. The molecule has 0 aliphatic carbocycles. The molecular weight excluding hydrogens is 272 g/mol. The Bertz CT molecular complexity index is 399. The summed E-state index contributed by atoms with van der Waals surface area (Å²) in [6, 6.07) is 1.74. The van der Waals surface area contributed by atoms with E-state index in [-0.39, 0.29) is 0 Å². The van der Waals surface area contributed by atoms with Crippen molar-refractivity contribution in [3.63, 3.8) is 0 Å². The summed E-state index contributed by atoms with van der Waals surface area (Å²) in [7, 11) is 0. The zero-order valence-electron chi connectivity index (χ0n) is 9.80. The molecule has 0 saturated heterocycles. The van der Waals surface area contributed by atoms with E-state index >= 15 is 0 Å². The maximum absolute atomic E-state index is 11.4. The minimum atomic E-state index is -0.508. The minimum absolute atomic E-state index is 0.465. The lowest BCUT2D eigenvalue weighted by Crippen LogP contribution is -2.27. The summed E-state index contributed by atoms with van der Waals surface area (Å²) < 4.78 is 6.00. The van der Waals surface area contributed by atoms with Crippen molar-refractivity contribution in [2.24, 2.45) is 0 Å². The summed E-state index contributed by atoms with van der Waals surface area (Å²) in [5.74, 6) is 0.465. The molecule has 1 aromatic heterocycles. The van der Waals surface area contributed by atoms with Gasteiger partial charge in [0.15, 0.2) is 0 Å². The van der Waals surface area contributed by atoms with Crippen LogP contribution in [-0.2, 0) is 4.74 Å². The second kappa shape index (κ2) is 4.82. The van der Waals surface area contributed by atoms with Gasteiger partial charge >= 0.3 is 6.09 Å². The predicted molar refractivity (Wildman–Crippen MR) is 66.5 cm³/mol. The third-order valence-electron chi connectivity index (χ3n) is 1.67. The molecule has 0 atom stereocenters. The van der Waals surface area contributed by atoms with Crippen molar-refractivity contribution in [2.45, 2.75) is 33.3 Å². The van der Waals surface area contributed by atoms with Crippen LogP contribution in [0.3, 0.4) is 0 Å². The van der Waals surface area contributed by atoms with E-state index in [0.29, 0.717) is 5.82 Å². The fourth-order valence-electron chi connectivity index (χ4n) is 0.976. The molecule has 1 rings (SSSR count). The van der Waals surface area contributed by atoms with Gasteiger partial charge in [-0.1, -0.05) is 15.9 Å². The summed E-state index contributed by atoms with van der Waals surface area (Å²) in [4.78, 5) is 15.5. The van der Waals surface area contributed by atoms with E-state index in [1.807, 2.05) is 27.7 Å². The zero-order valence-corrected chi connectivity index (χ0v) is 11.4. The first-order valence-corrected chi connectivity index (χ1v) is 5.69. The number of anilines is 1. The molecule has 0 bridgehead atoms. The molecule has 5 heteroatoms. The Morgan fingerprint density at radius 2 is 2.12 bits per heavy atom. The van der Waals surface area contributed by atoms with E-state index in [1.54, 1.807) is 12.3 Å². The third-order valence-corrected chi connectivity index (χ3v) is 2.52. The number of carbonyl (C=O) groups is 1. The van der Waals surface area contributed by atoms with Crippen LogP contribution in [0.2, 0.25) is 0 Å². The lowest BCUT2D eigenvalue weighted by Gasteiger charge is -2.19. The van der Waals surface area contributed by atoms with Gasteiger partial charge in [-0.3, -0.25) is 5.32 Å². The van der Waals surface area contributed by atoms with Gasteiger partial charge < -0.3 is 4.74 Å². The van der Waals surface area contributed by atoms with Crippen LogP contribution in [0.15, 0.2) is 16.7 Å². The molecule has 1 amide bonds. The van der Waals surface area contributed by atoms with Gasteiger partial charge in [-0.25, -0.2) is 9.78 Å². The first kappa shape index (κ1) is 13.0. The number of nitrogens with zero attached hydrogens (tertiary/aromatic N) is 1. The molecular formula is C11H15BrN2O2. The summed E-state index contributed by atoms with van der Waals surface area (Å²) in [6.45, 7) is 7.36. The molecule has 16 heavy (non-hydrogen) atoms. The van der Waals surface area contributed by atoms with Gasteiger partial charge in [-0.2, -0.15) is 0 Å². The molecule has 0 spiro atoms. The lowest BCUT2D eigenvalue weighted by molar-refractivity contribution is 0.0635. The molecule has 0 unspecified atom stereocenters. The van der Waals surface area contributed by atoms with Crippen molar-refractivity contribution in [1.82, 2.24) is 4.98 Å². The molecule has 0 aromatic carbocycles. The number of pyridine rings is 1. The molecule has 1 N–H and O–H groups in total. The van der Waals surface area contributed by atoms with Gasteiger partial charge in [0, 0.05) is 10.7 Å². The van der Waals surface area contributed by atoms with Gasteiger partial charge in [0.1, 0.15) is 11.4 Å². The van der Waals surface area contributed by atoms with Crippen LogP contribution in [0.5, 0.6) is 0 Å². The van der Waals surface area contributed by atoms with Crippen LogP contribution in [0.4, 0.5) is 10.6 Å². The van der Waals surface area contributed by atoms with Gasteiger partial charge in [-0.15, -0.1) is 0 Å². The van der Waals surface area contributed by atoms with Crippen molar-refractivity contribution < 1.29 is 9.53 Å². The number of halogens is 1. The van der Waals surface area contributed by atoms with E-state index in [4.69, 9.17) is 4.74 Å². The Labute approximate surface area is 104 Å². The highest BCUT2D eigenvalue weighted by atomic mass is 79.9. The SMILES string of the molecule is Cc1cnc(NC(=O)OC(C)(C)C)cc1Br. The van der Waals surface area contributed by atoms with Crippen LogP contribution in [-0.4, -0.2) is 16.7 Å². The lowest BCUT2D eigenvalue weighted by atomic mass is 10.2. The zero-order chi connectivity index (χ0) is 12.3. The molecule has 4 nitrogen and oxygen atoms in total. The van der Waals surface area contributed by atoms with Gasteiger partial charge in [0.2, 0.25) is 0 Å². The topological polar surface area (TPSA) is 51.2 Å². The summed E-state index contributed by atoms with van der Waals surface area (Å²) in [6.07, 6.45) is 1.17. The molecule has 0 aliphatic rings.